The van der Waals surface area contributed by atoms with Crippen LogP contribution in [-0.2, 0) is 0 Å². The number of nitrogens with zero attached hydrogens (tertiary/aromatic N) is 2. The lowest BCUT2D eigenvalue weighted by atomic mass is 10.1. The van der Waals surface area contributed by atoms with Crippen molar-refractivity contribution in [1.29, 1.82) is 0 Å². The van der Waals surface area contributed by atoms with Crippen molar-refractivity contribution in [3.05, 3.63) is 12.2 Å². The maximum atomic E-state index is 9.39. The van der Waals surface area contributed by atoms with Crippen LogP contribution in [0.25, 0.3) is 0 Å². The van der Waals surface area contributed by atoms with Gasteiger partial charge in [-0.15, -0.1) is 0 Å². The Bertz CT molecular complexity index is 432. The topological polar surface area (TPSA) is 32.6 Å². The summed E-state index contributed by atoms with van der Waals surface area (Å²) in [5.74, 6) is 1.36. The molecular formula is C26H51N2O+. The summed E-state index contributed by atoms with van der Waals surface area (Å²) in [5.41, 5.74) is 0. The standard InChI is InChI=1S/C26H51N2O/c1-3-5-6-7-8-9-10-11-12-13-14-15-16-17-18-19-20-21-26-27-22-23-28(26,4-2)24-25-29/h10-11,29H,3-9,12-25H2,1-2H3/q+1/b11-10+. The lowest BCUT2D eigenvalue weighted by molar-refractivity contribution is -0.835. The average Bonchev–Trinajstić information content (AvgIpc) is 3.13. The fourth-order valence-electron chi connectivity index (χ4n) is 4.60. The minimum absolute atomic E-state index is 0.279. The molecule has 3 nitrogen and oxygen atoms in total. The zero-order valence-corrected chi connectivity index (χ0v) is 19.8. The van der Waals surface area contributed by atoms with Crippen molar-refractivity contribution in [3.8, 4) is 0 Å². The highest BCUT2D eigenvalue weighted by Crippen LogP contribution is 2.20. The summed E-state index contributed by atoms with van der Waals surface area (Å²) in [6, 6.07) is 0. The van der Waals surface area contributed by atoms with Gasteiger partial charge in [0.05, 0.1) is 19.7 Å². The predicted molar refractivity (Wildman–Crippen MR) is 129 cm³/mol. The van der Waals surface area contributed by atoms with Gasteiger partial charge in [-0.25, -0.2) is 4.99 Å². The molecule has 3 heteroatoms. The molecule has 1 unspecified atom stereocenters. The molecule has 0 aromatic heterocycles. The third-order valence-corrected chi connectivity index (χ3v) is 6.67. The van der Waals surface area contributed by atoms with Crippen molar-refractivity contribution in [1.82, 2.24) is 0 Å². The van der Waals surface area contributed by atoms with Gasteiger partial charge in [0.25, 0.3) is 0 Å². The lowest BCUT2D eigenvalue weighted by Gasteiger charge is -2.33. The number of aliphatic hydroxyl groups excluding tert-OH is 1. The monoisotopic (exact) mass is 407 g/mol. The summed E-state index contributed by atoms with van der Waals surface area (Å²) in [6.45, 7) is 8.78. The van der Waals surface area contributed by atoms with E-state index in [0.29, 0.717) is 0 Å². The van der Waals surface area contributed by atoms with Gasteiger partial charge in [0.1, 0.15) is 13.1 Å². The second-order valence-electron chi connectivity index (χ2n) is 8.97. The van der Waals surface area contributed by atoms with Crippen LogP contribution in [0.4, 0.5) is 0 Å². The SMILES string of the molecule is CCCCCCC/C=C/CCCCCCCCCCC1=NCC[N+]1(CC)CCO. The Morgan fingerprint density at radius 3 is 1.90 bits per heavy atom. The number of likely N-dealkylation sites (N-methyl/N-ethyl adjacent to an activating group) is 1. The molecular weight excluding hydrogens is 356 g/mol. The smallest absolute Gasteiger partial charge is 0.198 e. The van der Waals surface area contributed by atoms with Crippen molar-refractivity contribution in [3.63, 3.8) is 0 Å². The molecule has 0 bridgehead atoms. The van der Waals surface area contributed by atoms with Crippen LogP contribution < -0.4 is 0 Å². The highest BCUT2D eigenvalue weighted by atomic mass is 16.3. The van der Waals surface area contributed by atoms with Crippen LogP contribution in [0.3, 0.4) is 0 Å². The van der Waals surface area contributed by atoms with Crippen LogP contribution in [0.5, 0.6) is 0 Å². The van der Waals surface area contributed by atoms with E-state index >= 15 is 0 Å². The van der Waals surface area contributed by atoms with Crippen LogP contribution >= 0.6 is 0 Å². The molecule has 1 aliphatic heterocycles. The maximum Gasteiger partial charge on any atom is 0.198 e. The van der Waals surface area contributed by atoms with Crippen molar-refractivity contribution >= 4 is 5.84 Å². The molecule has 1 aliphatic rings. The highest BCUT2D eigenvalue weighted by Gasteiger charge is 2.35. The largest absolute Gasteiger partial charge is 0.390 e. The van der Waals surface area contributed by atoms with Gasteiger partial charge >= 0.3 is 0 Å². The van der Waals surface area contributed by atoms with Gasteiger partial charge in [-0.3, -0.25) is 4.48 Å². The molecule has 0 saturated heterocycles. The Kier molecular flexibility index (Phi) is 16.5. The van der Waals surface area contributed by atoms with Gasteiger partial charge < -0.3 is 5.11 Å². The summed E-state index contributed by atoms with van der Waals surface area (Å²) in [4.78, 5) is 4.76. The van der Waals surface area contributed by atoms with Gasteiger partial charge in [-0.1, -0.05) is 83.3 Å². The number of hydrogen-bond acceptors (Lipinski definition) is 2. The van der Waals surface area contributed by atoms with E-state index in [0.717, 1.165) is 37.1 Å². The lowest BCUT2D eigenvalue weighted by Crippen LogP contribution is -2.52. The number of aliphatic imine (C=N–C) groups is 1. The first-order valence-electron chi connectivity index (χ1n) is 12.9. The van der Waals surface area contributed by atoms with E-state index in [-0.39, 0.29) is 6.61 Å². The van der Waals surface area contributed by atoms with E-state index in [2.05, 4.69) is 26.0 Å². The summed E-state index contributed by atoms with van der Waals surface area (Å²) in [6.07, 6.45) is 26.4. The second-order valence-corrected chi connectivity index (χ2v) is 8.97. The summed E-state index contributed by atoms with van der Waals surface area (Å²) < 4.78 is 0.948. The van der Waals surface area contributed by atoms with Gasteiger partial charge in [0.15, 0.2) is 5.84 Å². The quantitative estimate of drug-likeness (QED) is 0.131. The molecule has 1 heterocycles. The molecule has 0 fully saturated rings. The zero-order chi connectivity index (χ0) is 21.0. The predicted octanol–water partition coefficient (Wildman–Crippen LogP) is 7.05. The van der Waals surface area contributed by atoms with Gasteiger partial charge in [-0.2, -0.15) is 0 Å². The summed E-state index contributed by atoms with van der Waals surface area (Å²) in [5, 5.41) is 9.39. The van der Waals surface area contributed by atoms with Crippen molar-refractivity contribution in [2.24, 2.45) is 4.99 Å². The van der Waals surface area contributed by atoms with Crippen LogP contribution in [0.1, 0.15) is 117 Å². The number of amidine groups is 1. The first kappa shape index (κ1) is 26.4. The Labute approximate surface area is 182 Å². The Hall–Kier alpha value is -0.670. The second kappa shape index (κ2) is 18.1. The van der Waals surface area contributed by atoms with Crippen molar-refractivity contribution < 1.29 is 9.59 Å². The third kappa shape index (κ3) is 11.9. The van der Waals surface area contributed by atoms with Gasteiger partial charge in [0, 0.05) is 6.42 Å². The first-order valence-corrected chi connectivity index (χ1v) is 12.9. The number of hydrogen-bond donors (Lipinski definition) is 1. The summed E-state index contributed by atoms with van der Waals surface area (Å²) in [7, 11) is 0. The van der Waals surface area contributed by atoms with Crippen molar-refractivity contribution in [2.75, 3.05) is 32.8 Å². The first-order chi connectivity index (χ1) is 14.3. The molecule has 1 N–H and O–H groups in total. The van der Waals surface area contributed by atoms with E-state index < -0.39 is 0 Å². The Balaban J connectivity index is 1.88. The molecule has 0 aliphatic carbocycles. The van der Waals surface area contributed by atoms with E-state index in [1.54, 1.807) is 0 Å². The average molecular weight is 408 g/mol. The molecule has 0 amide bonds. The molecule has 1 rings (SSSR count). The number of unbranched alkanes of at least 4 members (excludes halogenated alkanes) is 13. The highest BCUT2D eigenvalue weighted by molar-refractivity contribution is 5.76. The molecule has 29 heavy (non-hydrogen) atoms. The van der Waals surface area contributed by atoms with Gasteiger partial charge in [0.2, 0.25) is 0 Å². The van der Waals surface area contributed by atoms with Crippen LogP contribution in [0.15, 0.2) is 17.1 Å². The minimum atomic E-state index is 0.279. The summed E-state index contributed by atoms with van der Waals surface area (Å²) >= 11 is 0. The van der Waals surface area contributed by atoms with Crippen molar-refractivity contribution in [2.45, 2.75) is 117 Å². The van der Waals surface area contributed by atoms with Crippen LogP contribution in [0.2, 0.25) is 0 Å². The van der Waals surface area contributed by atoms with Gasteiger partial charge in [-0.05, 0) is 39.0 Å². The molecule has 170 valence electrons. The number of quaternary nitrogens is 1. The molecule has 0 aromatic rings. The Morgan fingerprint density at radius 1 is 0.793 bits per heavy atom. The van der Waals surface area contributed by atoms with Crippen LogP contribution in [0, 0.1) is 0 Å². The normalized spacial score (nSPS) is 19.3. The van der Waals surface area contributed by atoms with E-state index in [4.69, 9.17) is 4.99 Å². The number of allylic oxidation sites excluding steroid dienone is 2. The molecule has 0 radical (unpaired) electrons. The van der Waals surface area contributed by atoms with E-state index in [1.807, 2.05) is 0 Å². The molecule has 0 saturated carbocycles. The fraction of sp³-hybridized carbons (Fsp3) is 0.885. The number of rotatable bonds is 20. The maximum absolute atomic E-state index is 9.39. The molecule has 0 spiro atoms. The number of aliphatic hydroxyl groups is 1. The van der Waals surface area contributed by atoms with Crippen LogP contribution in [-0.4, -0.2) is 48.2 Å². The third-order valence-electron chi connectivity index (χ3n) is 6.67. The molecule has 1 atom stereocenters. The minimum Gasteiger partial charge on any atom is -0.390 e. The van der Waals surface area contributed by atoms with E-state index in [1.165, 1.54) is 102 Å². The Morgan fingerprint density at radius 2 is 1.34 bits per heavy atom. The molecule has 0 aromatic carbocycles. The fourth-order valence-corrected chi connectivity index (χ4v) is 4.60. The van der Waals surface area contributed by atoms with E-state index in [9.17, 15) is 5.11 Å². The zero-order valence-electron chi connectivity index (χ0n) is 19.8.